The molecule has 0 atom stereocenters. The largest absolute Gasteiger partial charge is 0.395 e. The normalized spacial score (nSPS) is 11.9. The Labute approximate surface area is 159 Å². The molecular weight excluding hydrogens is 384 g/mol. The maximum atomic E-state index is 12.4. The Morgan fingerprint density at radius 3 is 2.78 bits per heavy atom. The van der Waals surface area contributed by atoms with Crippen LogP contribution in [0.1, 0.15) is 0 Å². The molecule has 138 valence electrons. The molecule has 9 heteroatoms. The quantitative estimate of drug-likeness (QED) is 0.460. The number of nitrogens with one attached hydrogen (secondary N) is 2. The van der Waals surface area contributed by atoms with Gasteiger partial charge in [-0.05, 0) is 42.5 Å². The van der Waals surface area contributed by atoms with E-state index in [2.05, 4.69) is 20.0 Å². The second-order valence-electron chi connectivity index (χ2n) is 5.82. The molecular formula is C18H16N4O3S2. The smallest absolute Gasteiger partial charge is 0.240 e. The van der Waals surface area contributed by atoms with Gasteiger partial charge in [-0.15, -0.1) is 11.3 Å². The van der Waals surface area contributed by atoms with Crippen LogP contribution in [-0.2, 0) is 10.0 Å². The van der Waals surface area contributed by atoms with Crippen molar-refractivity contribution < 1.29 is 13.5 Å². The van der Waals surface area contributed by atoms with E-state index in [1.165, 1.54) is 6.07 Å². The van der Waals surface area contributed by atoms with E-state index in [-0.39, 0.29) is 18.0 Å². The first-order valence-corrected chi connectivity index (χ1v) is 10.5. The molecule has 7 nitrogen and oxygen atoms in total. The minimum atomic E-state index is -3.70. The van der Waals surface area contributed by atoms with E-state index < -0.39 is 10.0 Å². The van der Waals surface area contributed by atoms with Crippen molar-refractivity contribution >= 4 is 53.9 Å². The monoisotopic (exact) mass is 400 g/mol. The number of sulfonamides is 1. The van der Waals surface area contributed by atoms with Crippen molar-refractivity contribution in [3.05, 3.63) is 54.2 Å². The van der Waals surface area contributed by atoms with Crippen molar-refractivity contribution in [2.75, 3.05) is 18.5 Å². The van der Waals surface area contributed by atoms with Crippen LogP contribution >= 0.6 is 11.3 Å². The highest BCUT2D eigenvalue weighted by Gasteiger charge is 2.15. The van der Waals surface area contributed by atoms with Crippen molar-refractivity contribution in [3.63, 3.8) is 0 Å². The third kappa shape index (κ3) is 3.62. The molecule has 0 radical (unpaired) electrons. The summed E-state index contributed by atoms with van der Waals surface area (Å²) < 4.78 is 28.2. The zero-order chi connectivity index (χ0) is 18.9. The maximum Gasteiger partial charge on any atom is 0.240 e. The number of thiazole rings is 1. The van der Waals surface area contributed by atoms with Gasteiger partial charge < -0.3 is 10.4 Å². The van der Waals surface area contributed by atoms with Gasteiger partial charge in [0.25, 0.3) is 0 Å². The first kappa shape index (κ1) is 17.8. The molecule has 27 heavy (non-hydrogen) atoms. The van der Waals surface area contributed by atoms with Crippen LogP contribution in [0.15, 0.2) is 59.1 Å². The minimum Gasteiger partial charge on any atom is -0.395 e. The molecule has 0 fully saturated rings. The number of rotatable bonds is 6. The summed E-state index contributed by atoms with van der Waals surface area (Å²) in [7, 11) is -3.70. The lowest BCUT2D eigenvalue weighted by Crippen LogP contribution is -2.26. The fourth-order valence-electron chi connectivity index (χ4n) is 2.76. The van der Waals surface area contributed by atoms with E-state index in [1.807, 2.05) is 18.2 Å². The second-order valence-corrected chi connectivity index (χ2v) is 8.47. The van der Waals surface area contributed by atoms with Gasteiger partial charge in [-0.1, -0.05) is 0 Å². The summed E-state index contributed by atoms with van der Waals surface area (Å²) in [5, 5.41) is 12.9. The van der Waals surface area contributed by atoms with Gasteiger partial charge in [0.2, 0.25) is 10.0 Å². The Bertz CT molecular complexity index is 1220. The molecule has 0 amide bonds. The summed E-state index contributed by atoms with van der Waals surface area (Å²) >= 11 is 1.58. The highest BCUT2D eigenvalue weighted by atomic mass is 32.2. The standard InChI is InChI=1S/C18H16N4O3S2/c23-8-7-21-27(24,25)13-2-3-15-14(10-13)16(5-6-19-15)22-12-1-4-18-17(9-12)20-11-26-18/h1-6,9-11,21,23H,7-8H2,(H,19,22). The van der Waals surface area contributed by atoms with Crippen LogP contribution < -0.4 is 10.0 Å². The number of aromatic nitrogens is 2. The number of hydrogen-bond donors (Lipinski definition) is 3. The van der Waals surface area contributed by atoms with Crippen LogP contribution in [0, 0.1) is 0 Å². The Balaban J connectivity index is 1.74. The summed E-state index contributed by atoms with van der Waals surface area (Å²) in [6, 6.07) is 12.4. The number of fused-ring (bicyclic) bond motifs is 2. The summed E-state index contributed by atoms with van der Waals surface area (Å²) in [4.78, 5) is 8.74. The number of pyridine rings is 1. The first-order valence-electron chi connectivity index (χ1n) is 8.16. The Morgan fingerprint density at radius 1 is 1.04 bits per heavy atom. The first-order chi connectivity index (χ1) is 13.1. The zero-order valence-electron chi connectivity index (χ0n) is 14.1. The molecule has 3 N–H and O–H groups in total. The Hall–Kier alpha value is -2.59. The summed E-state index contributed by atoms with van der Waals surface area (Å²) in [6.07, 6.45) is 1.67. The van der Waals surface area contributed by atoms with Gasteiger partial charge in [0.15, 0.2) is 0 Å². The molecule has 2 heterocycles. The number of anilines is 2. The molecule has 0 aliphatic heterocycles. The molecule has 0 aliphatic carbocycles. The third-order valence-electron chi connectivity index (χ3n) is 4.04. The van der Waals surface area contributed by atoms with Crippen molar-refractivity contribution in [1.82, 2.24) is 14.7 Å². The predicted molar refractivity (Wildman–Crippen MR) is 107 cm³/mol. The van der Waals surface area contributed by atoms with E-state index in [4.69, 9.17) is 5.11 Å². The van der Waals surface area contributed by atoms with E-state index in [1.54, 1.807) is 41.2 Å². The molecule has 2 aromatic carbocycles. The number of aliphatic hydroxyl groups excluding tert-OH is 1. The van der Waals surface area contributed by atoms with Crippen LogP contribution in [0.2, 0.25) is 0 Å². The zero-order valence-corrected chi connectivity index (χ0v) is 15.7. The predicted octanol–water partition coefficient (Wildman–Crippen LogP) is 2.86. The SMILES string of the molecule is O=S(=O)(NCCO)c1ccc2nccc(Nc3ccc4scnc4c3)c2c1. The lowest BCUT2D eigenvalue weighted by Gasteiger charge is -2.11. The minimum absolute atomic E-state index is 0.0355. The molecule has 0 aliphatic rings. The average Bonchev–Trinajstić information content (AvgIpc) is 3.14. The molecule has 0 saturated carbocycles. The van der Waals surface area contributed by atoms with Gasteiger partial charge in [-0.2, -0.15) is 0 Å². The van der Waals surface area contributed by atoms with Gasteiger partial charge in [0.05, 0.1) is 32.7 Å². The summed E-state index contributed by atoms with van der Waals surface area (Å²) in [6.45, 7) is -0.299. The number of benzene rings is 2. The van der Waals surface area contributed by atoms with Crippen LogP contribution in [0.5, 0.6) is 0 Å². The van der Waals surface area contributed by atoms with E-state index in [9.17, 15) is 8.42 Å². The van der Waals surface area contributed by atoms with Gasteiger partial charge in [-0.25, -0.2) is 18.1 Å². The van der Waals surface area contributed by atoms with Crippen LogP contribution in [0.25, 0.3) is 21.1 Å². The van der Waals surface area contributed by atoms with E-state index in [0.29, 0.717) is 10.9 Å². The van der Waals surface area contributed by atoms with Gasteiger partial charge >= 0.3 is 0 Å². The van der Waals surface area contributed by atoms with Gasteiger partial charge in [0.1, 0.15) is 0 Å². The Morgan fingerprint density at radius 2 is 1.93 bits per heavy atom. The van der Waals surface area contributed by atoms with Gasteiger partial charge in [0, 0.05) is 29.5 Å². The van der Waals surface area contributed by atoms with Crippen molar-refractivity contribution in [2.45, 2.75) is 4.90 Å². The molecule has 4 aromatic rings. The number of hydrogen-bond acceptors (Lipinski definition) is 7. The van der Waals surface area contributed by atoms with Crippen LogP contribution in [-0.4, -0.2) is 36.6 Å². The highest BCUT2D eigenvalue weighted by molar-refractivity contribution is 7.89. The highest BCUT2D eigenvalue weighted by Crippen LogP contribution is 2.29. The summed E-state index contributed by atoms with van der Waals surface area (Å²) in [5.74, 6) is 0. The van der Waals surface area contributed by atoms with Crippen molar-refractivity contribution in [2.24, 2.45) is 0 Å². The van der Waals surface area contributed by atoms with Crippen LogP contribution in [0.4, 0.5) is 11.4 Å². The summed E-state index contributed by atoms with van der Waals surface area (Å²) in [5.41, 5.74) is 4.98. The molecule has 4 rings (SSSR count). The molecule has 2 aromatic heterocycles. The number of nitrogens with zero attached hydrogens (tertiary/aromatic N) is 2. The topological polar surface area (TPSA) is 104 Å². The fraction of sp³-hybridized carbons (Fsp3) is 0.111. The third-order valence-corrected chi connectivity index (χ3v) is 6.31. The molecule has 0 saturated heterocycles. The average molecular weight is 400 g/mol. The second kappa shape index (κ2) is 7.20. The Kier molecular flexibility index (Phi) is 4.75. The fourth-order valence-corrected chi connectivity index (χ4v) is 4.46. The van der Waals surface area contributed by atoms with Crippen molar-refractivity contribution in [3.8, 4) is 0 Å². The molecule has 0 bridgehead atoms. The van der Waals surface area contributed by atoms with E-state index >= 15 is 0 Å². The molecule has 0 spiro atoms. The maximum absolute atomic E-state index is 12.4. The lowest BCUT2D eigenvalue weighted by molar-refractivity contribution is 0.301. The van der Waals surface area contributed by atoms with Gasteiger partial charge in [-0.3, -0.25) is 4.98 Å². The van der Waals surface area contributed by atoms with Crippen molar-refractivity contribution in [1.29, 1.82) is 0 Å². The lowest BCUT2D eigenvalue weighted by atomic mass is 10.2. The molecule has 0 unspecified atom stereocenters. The van der Waals surface area contributed by atoms with Crippen LogP contribution in [0.3, 0.4) is 0 Å². The van der Waals surface area contributed by atoms with E-state index in [0.717, 1.165) is 21.6 Å². The number of aliphatic hydroxyl groups is 1.